The standard InChI is InChI=1S/C10H17NO3/c1-7-3-4-9(5-8(7)2)11-14-6-10(12)13/h7-8H,3-6H2,1-2H3,(H,12,13). The second-order valence-electron chi connectivity index (χ2n) is 4.02. The topological polar surface area (TPSA) is 58.9 Å². The third-order valence-electron chi connectivity index (χ3n) is 2.80. The molecule has 0 bridgehead atoms. The Hall–Kier alpha value is -1.06. The van der Waals surface area contributed by atoms with Crippen LogP contribution in [0.3, 0.4) is 0 Å². The second-order valence-corrected chi connectivity index (χ2v) is 4.02. The molecule has 0 saturated heterocycles. The van der Waals surface area contributed by atoms with Gasteiger partial charge in [-0.3, -0.25) is 0 Å². The Morgan fingerprint density at radius 2 is 2.29 bits per heavy atom. The van der Waals surface area contributed by atoms with Crippen molar-refractivity contribution in [2.45, 2.75) is 33.1 Å². The zero-order valence-electron chi connectivity index (χ0n) is 8.69. The summed E-state index contributed by atoms with van der Waals surface area (Å²) in [5.74, 6) is 0.371. The van der Waals surface area contributed by atoms with E-state index in [0.717, 1.165) is 30.9 Å². The fourth-order valence-corrected chi connectivity index (χ4v) is 1.62. The maximum Gasteiger partial charge on any atom is 0.344 e. The van der Waals surface area contributed by atoms with Crippen molar-refractivity contribution < 1.29 is 14.7 Å². The number of oxime groups is 1. The van der Waals surface area contributed by atoms with E-state index in [9.17, 15) is 4.79 Å². The molecular weight excluding hydrogens is 182 g/mol. The van der Waals surface area contributed by atoms with Crippen molar-refractivity contribution in [3.05, 3.63) is 0 Å². The highest BCUT2D eigenvalue weighted by Gasteiger charge is 2.21. The Balaban J connectivity index is 2.34. The van der Waals surface area contributed by atoms with E-state index >= 15 is 0 Å². The molecule has 0 aliphatic heterocycles. The Morgan fingerprint density at radius 3 is 2.86 bits per heavy atom. The van der Waals surface area contributed by atoms with E-state index in [4.69, 9.17) is 9.94 Å². The minimum atomic E-state index is -0.980. The van der Waals surface area contributed by atoms with Crippen LogP contribution in [0, 0.1) is 11.8 Å². The lowest BCUT2D eigenvalue weighted by Crippen LogP contribution is -2.21. The summed E-state index contributed by atoms with van der Waals surface area (Å²) < 4.78 is 0. The molecule has 14 heavy (non-hydrogen) atoms. The van der Waals surface area contributed by atoms with Gasteiger partial charge in [-0.2, -0.15) is 0 Å². The highest BCUT2D eigenvalue weighted by atomic mass is 16.6. The number of nitrogens with zero attached hydrogens (tertiary/aromatic N) is 1. The van der Waals surface area contributed by atoms with Crippen molar-refractivity contribution in [1.29, 1.82) is 0 Å². The van der Waals surface area contributed by atoms with E-state index in [2.05, 4.69) is 19.0 Å². The van der Waals surface area contributed by atoms with Crippen molar-refractivity contribution in [1.82, 2.24) is 0 Å². The molecule has 1 rings (SSSR count). The predicted molar refractivity (Wildman–Crippen MR) is 53.2 cm³/mol. The van der Waals surface area contributed by atoms with Gasteiger partial charge in [0.15, 0.2) is 0 Å². The van der Waals surface area contributed by atoms with Crippen LogP contribution in [0.5, 0.6) is 0 Å². The van der Waals surface area contributed by atoms with Gasteiger partial charge in [0.25, 0.3) is 0 Å². The molecule has 1 fully saturated rings. The molecule has 2 atom stereocenters. The number of carboxylic acids is 1. The average Bonchev–Trinajstić information content (AvgIpc) is 2.10. The zero-order chi connectivity index (χ0) is 10.6. The minimum Gasteiger partial charge on any atom is -0.479 e. The van der Waals surface area contributed by atoms with Crippen molar-refractivity contribution in [2.75, 3.05) is 6.61 Å². The molecule has 0 aromatic carbocycles. The summed E-state index contributed by atoms with van der Waals surface area (Å²) in [4.78, 5) is 14.9. The van der Waals surface area contributed by atoms with Gasteiger partial charge in [0.1, 0.15) is 0 Å². The smallest absolute Gasteiger partial charge is 0.344 e. The quantitative estimate of drug-likeness (QED) is 0.706. The van der Waals surface area contributed by atoms with Crippen LogP contribution in [-0.2, 0) is 9.63 Å². The summed E-state index contributed by atoms with van der Waals surface area (Å²) in [6.07, 6.45) is 2.99. The molecular formula is C10H17NO3. The molecule has 0 spiro atoms. The molecule has 1 N–H and O–H groups in total. The molecule has 4 nitrogen and oxygen atoms in total. The first-order valence-electron chi connectivity index (χ1n) is 4.99. The predicted octanol–water partition coefficient (Wildman–Crippen LogP) is 1.90. The van der Waals surface area contributed by atoms with Crippen LogP contribution in [0.25, 0.3) is 0 Å². The molecule has 0 radical (unpaired) electrons. The van der Waals surface area contributed by atoms with Gasteiger partial charge in [-0.1, -0.05) is 19.0 Å². The number of aliphatic carboxylic acids is 1. The molecule has 1 aliphatic rings. The number of hydrogen-bond donors (Lipinski definition) is 1. The lowest BCUT2D eigenvalue weighted by atomic mass is 9.81. The van der Waals surface area contributed by atoms with Crippen LogP contribution in [0.15, 0.2) is 5.16 Å². The number of carbonyl (C=O) groups is 1. The van der Waals surface area contributed by atoms with Crippen molar-refractivity contribution in [3.8, 4) is 0 Å². The van der Waals surface area contributed by atoms with E-state index < -0.39 is 5.97 Å². The maximum atomic E-state index is 10.2. The van der Waals surface area contributed by atoms with Gasteiger partial charge in [-0.05, 0) is 31.1 Å². The van der Waals surface area contributed by atoms with Crippen LogP contribution in [0.1, 0.15) is 33.1 Å². The summed E-state index contributed by atoms with van der Waals surface area (Å²) in [5, 5.41) is 12.2. The Bertz CT molecular complexity index is 238. The van der Waals surface area contributed by atoms with Crippen LogP contribution < -0.4 is 0 Å². The van der Waals surface area contributed by atoms with Crippen molar-refractivity contribution in [3.63, 3.8) is 0 Å². The Kier molecular flexibility index (Phi) is 3.92. The number of carboxylic acid groups (broad SMARTS) is 1. The van der Waals surface area contributed by atoms with E-state index in [0.29, 0.717) is 5.92 Å². The molecule has 1 aliphatic carbocycles. The fraction of sp³-hybridized carbons (Fsp3) is 0.800. The first kappa shape index (κ1) is 11.0. The zero-order valence-corrected chi connectivity index (χ0v) is 8.69. The van der Waals surface area contributed by atoms with Crippen LogP contribution in [-0.4, -0.2) is 23.4 Å². The van der Waals surface area contributed by atoms with Crippen molar-refractivity contribution >= 4 is 11.7 Å². The van der Waals surface area contributed by atoms with Gasteiger partial charge < -0.3 is 9.94 Å². The normalized spacial score (nSPS) is 30.3. The SMILES string of the molecule is CC1CCC(=NOCC(=O)O)CC1C. The first-order valence-corrected chi connectivity index (χ1v) is 4.99. The molecule has 0 aromatic rings. The van der Waals surface area contributed by atoms with E-state index in [1.807, 2.05) is 0 Å². The molecule has 4 heteroatoms. The van der Waals surface area contributed by atoms with Gasteiger partial charge in [-0.15, -0.1) is 0 Å². The lowest BCUT2D eigenvalue weighted by molar-refractivity contribution is -0.142. The van der Waals surface area contributed by atoms with E-state index in [-0.39, 0.29) is 6.61 Å². The Morgan fingerprint density at radius 1 is 1.57 bits per heavy atom. The summed E-state index contributed by atoms with van der Waals surface area (Å²) in [7, 11) is 0. The molecule has 0 aromatic heterocycles. The largest absolute Gasteiger partial charge is 0.479 e. The summed E-state index contributed by atoms with van der Waals surface area (Å²) in [6.45, 7) is 4.09. The van der Waals surface area contributed by atoms with Gasteiger partial charge in [0, 0.05) is 0 Å². The van der Waals surface area contributed by atoms with Crippen LogP contribution in [0.4, 0.5) is 0 Å². The van der Waals surface area contributed by atoms with Gasteiger partial charge in [0.2, 0.25) is 6.61 Å². The molecule has 1 saturated carbocycles. The van der Waals surface area contributed by atoms with Gasteiger partial charge in [-0.25, -0.2) is 4.79 Å². The minimum absolute atomic E-state index is 0.340. The number of hydrogen-bond acceptors (Lipinski definition) is 3. The molecule has 0 heterocycles. The van der Waals surface area contributed by atoms with Gasteiger partial charge in [0.05, 0.1) is 5.71 Å². The molecule has 2 unspecified atom stereocenters. The second kappa shape index (κ2) is 4.98. The fourth-order valence-electron chi connectivity index (χ4n) is 1.62. The Labute approximate surface area is 83.9 Å². The van der Waals surface area contributed by atoms with Gasteiger partial charge >= 0.3 is 5.97 Å². The highest BCUT2D eigenvalue weighted by Crippen LogP contribution is 2.27. The third-order valence-corrected chi connectivity index (χ3v) is 2.80. The monoisotopic (exact) mass is 199 g/mol. The lowest BCUT2D eigenvalue weighted by Gasteiger charge is -2.25. The first-order chi connectivity index (χ1) is 6.59. The molecule has 0 amide bonds. The van der Waals surface area contributed by atoms with E-state index in [1.165, 1.54) is 0 Å². The summed E-state index contributed by atoms with van der Waals surface area (Å²) >= 11 is 0. The summed E-state index contributed by atoms with van der Waals surface area (Å²) in [5.41, 5.74) is 0.997. The maximum absolute atomic E-state index is 10.2. The van der Waals surface area contributed by atoms with Crippen molar-refractivity contribution in [2.24, 2.45) is 17.0 Å². The summed E-state index contributed by atoms with van der Waals surface area (Å²) in [6, 6.07) is 0. The highest BCUT2D eigenvalue weighted by molar-refractivity contribution is 5.84. The number of rotatable bonds is 3. The van der Waals surface area contributed by atoms with E-state index in [1.54, 1.807) is 0 Å². The van der Waals surface area contributed by atoms with Crippen LogP contribution >= 0.6 is 0 Å². The van der Waals surface area contributed by atoms with Crippen LogP contribution in [0.2, 0.25) is 0 Å². The average molecular weight is 199 g/mol. The molecule has 80 valence electrons. The third kappa shape index (κ3) is 3.36.